The first kappa shape index (κ1) is 13.0. The van der Waals surface area contributed by atoms with E-state index in [1.165, 1.54) is 0 Å². The number of carbonyl (C=O) groups is 1. The highest BCUT2D eigenvalue weighted by Gasteiger charge is 2.12. The summed E-state index contributed by atoms with van der Waals surface area (Å²) in [4.78, 5) is 16.1. The summed E-state index contributed by atoms with van der Waals surface area (Å²) in [6, 6.07) is 9.21. The minimum Gasteiger partial charge on any atom is -0.319 e. The van der Waals surface area contributed by atoms with Gasteiger partial charge in [-0.3, -0.25) is 9.89 Å². The number of hydrogen-bond donors (Lipinski definition) is 2. The summed E-state index contributed by atoms with van der Waals surface area (Å²) in [7, 11) is 0. The van der Waals surface area contributed by atoms with E-state index in [2.05, 4.69) is 25.6 Å². The molecule has 0 aliphatic rings. The van der Waals surface area contributed by atoms with Crippen molar-refractivity contribution in [2.75, 3.05) is 5.32 Å². The number of rotatable bonds is 4. The lowest BCUT2D eigenvalue weighted by atomic mass is 10.3. The monoisotopic (exact) mass is 282 g/mol. The molecule has 0 spiro atoms. The summed E-state index contributed by atoms with van der Waals surface area (Å²) in [6.07, 6.45) is 4.27. The van der Waals surface area contributed by atoms with Gasteiger partial charge < -0.3 is 5.32 Å². The molecular formula is C14H14N6O. The van der Waals surface area contributed by atoms with E-state index in [0.29, 0.717) is 17.9 Å². The number of aromatic nitrogens is 5. The van der Waals surface area contributed by atoms with Crippen LogP contribution in [-0.2, 0) is 6.42 Å². The van der Waals surface area contributed by atoms with E-state index in [4.69, 9.17) is 0 Å². The van der Waals surface area contributed by atoms with Gasteiger partial charge in [0.1, 0.15) is 5.82 Å². The quantitative estimate of drug-likeness (QED) is 0.763. The maximum absolute atomic E-state index is 12.0. The van der Waals surface area contributed by atoms with E-state index >= 15 is 0 Å². The Morgan fingerprint density at radius 1 is 1.33 bits per heavy atom. The molecule has 2 aromatic heterocycles. The summed E-state index contributed by atoms with van der Waals surface area (Å²) in [5, 5.41) is 13.5. The summed E-state index contributed by atoms with van der Waals surface area (Å²) < 4.78 is 1.74. The van der Waals surface area contributed by atoms with Crippen LogP contribution in [0.1, 0.15) is 23.4 Å². The Morgan fingerprint density at radius 2 is 2.14 bits per heavy atom. The second-order valence-corrected chi connectivity index (χ2v) is 4.41. The third-order valence-electron chi connectivity index (χ3n) is 2.96. The molecule has 2 N–H and O–H groups in total. The first-order valence-electron chi connectivity index (χ1n) is 6.59. The largest absolute Gasteiger partial charge is 0.319 e. The average molecular weight is 282 g/mol. The number of hydrogen-bond acceptors (Lipinski definition) is 4. The molecule has 0 fully saturated rings. The zero-order valence-corrected chi connectivity index (χ0v) is 11.4. The molecule has 0 aliphatic heterocycles. The van der Waals surface area contributed by atoms with Gasteiger partial charge in [0.15, 0.2) is 0 Å². The van der Waals surface area contributed by atoms with Crippen LogP contribution in [0.15, 0.2) is 42.7 Å². The van der Waals surface area contributed by atoms with Gasteiger partial charge in [-0.15, -0.1) is 5.10 Å². The van der Waals surface area contributed by atoms with Gasteiger partial charge in [0.2, 0.25) is 5.82 Å². The first-order chi connectivity index (χ1) is 10.3. The molecule has 3 aromatic rings. The lowest BCUT2D eigenvalue weighted by Crippen LogP contribution is -2.13. The summed E-state index contributed by atoms with van der Waals surface area (Å²) in [6.45, 7) is 1.94. The fraction of sp³-hybridized carbons (Fsp3) is 0.143. The Hall–Kier alpha value is -2.96. The molecule has 0 atom stereocenters. The van der Waals surface area contributed by atoms with Crippen molar-refractivity contribution < 1.29 is 4.79 Å². The number of aryl methyl sites for hydroxylation is 1. The maximum atomic E-state index is 12.0. The van der Waals surface area contributed by atoms with E-state index in [1.807, 2.05) is 43.5 Å². The van der Waals surface area contributed by atoms with Gasteiger partial charge in [-0.05, 0) is 30.3 Å². The standard InChI is InChI=1S/C14H14N6O/c1-2-12-17-13(19-18-12)14(21)16-10-4-6-11(7-5-10)20-9-3-8-15-20/h3-9H,2H2,1H3,(H,16,21)(H,17,18,19). The van der Waals surface area contributed by atoms with Crippen LogP contribution >= 0.6 is 0 Å². The number of nitrogens with zero attached hydrogens (tertiary/aromatic N) is 4. The Morgan fingerprint density at radius 3 is 2.76 bits per heavy atom. The number of benzene rings is 1. The Bertz CT molecular complexity index is 729. The SMILES string of the molecule is CCc1nc(C(=O)Nc2ccc(-n3cccn3)cc2)n[nH]1. The Balaban J connectivity index is 1.71. The van der Waals surface area contributed by atoms with Gasteiger partial charge in [-0.2, -0.15) is 5.10 Å². The van der Waals surface area contributed by atoms with Crippen LogP contribution < -0.4 is 5.32 Å². The highest BCUT2D eigenvalue weighted by molar-refractivity contribution is 6.01. The van der Waals surface area contributed by atoms with Crippen molar-refractivity contribution in [3.63, 3.8) is 0 Å². The normalized spacial score (nSPS) is 10.5. The van der Waals surface area contributed by atoms with Crippen molar-refractivity contribution in [2.24, 2.45) is 0 Å². The van der Waals surface area contributed by atoms with E-state index in [0.717, 1.165) is 5.69 Å². The number of nitrogens with one attached hydrogen (secondary N) is 2. The predicted molar refractivity (Wildman–Crippen MR) is 77.3 cm³/mol. The lowest BCUT2D eigenvalue weighted by Gasteiger charge is -2.05. The van der Waals surface area contributed by atoms with Crippen molar-refractivity contribution in [1.82, 2.24) is 25.0 Å². The molecule has 21 heavy (non-hydrogen) atoms. The Labute approximate surface area is 121 Å². The second-order valence-electron chi connectivity index (χ2n) is 4.41. The van der Waals surface area contributed by atoms with Crippen molar-refractivity contribution in [3.8, 4) is 5.69 Å². The van der Waals surface area contributed by atoms with E-state index in [-0.39, 0.29) is 11.7 Å². The fourth-order valence-electron chi connectivity index (χ4n) is 1.86. The number of anilines is 1. The Kier molecular flexibility index (Phi) is 3.46. The van der Waals surface area contributed by atoms with Crippen LogP contribution in [0, 0.1) is 0 Å². The number of carbonyl (C=O) groups excluding carboxylic acids is 1. The van der Waals surface area contributed by atoms with Crippen LogP contribution in [0.3, 0.4) is 0 Å². The van der Waals surface area contributed by atoms with Gasteiger partial charge in [0, 0.05) is 24.5 Å². The molecule has 7 nitrogen and oxygen atoms in total. The molecule has 0 unspecified atom stereocenters. The average Bonchev–Trinajstić information content (AvgIpc) is 3.19. The molecule has 0 bridgehead atoms. The van der Waals surface area contributed by atoms with Crippen molar-refractivity contribution >= 4 is 11.6 Å². The second kappa shape index (κ2) is 5.58. The molecule has 7 heteroatoms. The topological polar surface area (TPSA) is 88.5 Å². The first-order valence-corrected chi connectivity index (χ1v) is 6.59. The van der Waals surface area contributed by atoms with E-state index in [9.17, 15) is 4.79 Å². The molecule has 1 amide bonds. The smallest absolute Gasteiger partial charge is 0.295 e. The molecule has 3 rings (SSSR count). The van der Waals surface area contributed by atoms with E-state index < -0.39 is 0 Å². The lowest BCUT2D eigenvalue weighted by molar-refractivity contribution is 0.101. The van der Waals surface area contributed by atoms with Gasteiger partial charge in [-0.25, -0.2) is 9.67 Å². The third kappa shape index (κ3) is 2.81. The van der Waals surface area contributed by atoms with Crippen molar-refractivity contribution in [2.45, 2.75) is 13.3 Å². The highest BCUT2D eigenvalue weighted by Crippen LogP contribution is 2.13. The predicted octanol–water partition coefficient (Wildman–Crippen LogP) is 1.81. The van der Waals surface area contributed by atoms with Crippen LogP contribution in [0.5, 0.6) is 0 Å². The van der Waals surface area contributed by atoms with Crippen LogP contribution in [0.4, 0.5) is 5.69 Å². The minimum atomic E-state index is -0.335. The fourth-order valence-corrected chi connectivity index (χ4v) is 1.86. The van der Waals surface area contributed by atoms with Gasteiger partial charge in [0.25, 0.3) is 5.91 Å². The molecule has 106 valence electrons. The van der Waals surface area contributed by atoms with Gasteiger partial charge in [0.05, 0.1) is 5.69 Å². The zero-order chi connectivity index (χ0) is 14.7. The minimum absolute atomic E-state index is 0.142. The number of H-pyrrole nitrogens is 1. The van der Waals surface area contributed by atoms with Crippen molar-refractivity contribution in [1.29, 1.82) is 0 Å². The maximum Gasteiger partial charge on any atom is 0.295 e. The van der Waals surface area contributed by atoms with Crippen LogP contribution in [0.2, 0.25) is 0 Å². The molecule has 1 aromatic carbocycles. The molecule has 0 aliphatic carbocycles. The third-order valence-corrected chi connectivity index (χ3v) is 2.96. The molecular weight excluding hydrogens is 268 g/mol. The molecule has 0 radical (unpaired) electrons. The van der Waals surface area contributed by atoms with Crippen molar-refractivity contribution in [3.05, 3.63) is 54.4 Å². The van der Waals surface area contributed by atoms with Gasteiger partial charge >= 0.3 is 0 Å². The molecule has 0 saturated carbocycles. The number of amides is 1. The molecule has 2 heterocycles. The highest BCUT2D eigenvalue weighted by atomic mass is 16.2. The van der Waals surface area contributed by atoms with Gasteiger partial charge in [-0.1, -0.05) is 6.92 Å². The van der Waals surface area contributed by atoms with Crippen LogP contribution in [-0.4, -0.2) is 30.9 Å². The van der Waals surface area contributed by atoms with Crippen LogP contribution in [0.25, 0.3) is 5.69 Å². The zero-order valence-electron chi connectivity index (χ0n) is 11.4. The molecule has 0 saturated heterocycles. The summed E-state index contributed by atoms with van der Waals surface area (Å²) >= 11 is 0. The summed E-state index contributed by atoms with van der Waals surface area (Å²) in [5.74, 6) is 0.495. The summed E-state index contributed by atoms with van der Waals surface area (Å²) in [5.41, 5.74) is 1.60. The number of aromatic amines is 1. The van der Waals surface area contributed by atoms with E-state index in [1.54, 1.807) is 10.9 Å².